The van der Waals surface area contributed by atoms with Gasteiger partial charge in [-0.1, -0.05) is 34.6 Å². The number of anilines is 1. The van der Waals surface area contributed by atoms with Gasteiger partial charge in [-0.05, 0) is 54.7 Å². The average Bonchev–Trinajstić information content (AvgIpc) is 2.85. The van der Waals surface area contributed by atoms with Gasteiger partial charge in [0.05, 0.1) is 43.0 Å². The highest BCUT2D eigenvalue weighted by Crippen LogP contribution is 2.38. The molecular weight excluding hydrogens is 565 g/mol. The van der Waals surface area contributed by atoms with E-state index in [1.807, 2.05) is 26.9 Å². The summed E-state index contributed by atoms with van der Waals surface area (Å²) in [5, 5.41) is -0.153. The first kappa shape index (κ1) is 34.1. The van der Waals surface area contributed by atoms with Gasteiger partial charge in [-0.25, -0.2) is 31.9 Å². The maximum atomic E-state index is 13.7. The number of aromatic nitrogens is 2. The summed E-state index contributed by atoms with van der Waals surface area (Å²) in [6.45, 7) is 14.1. The number of methoxy groups -OCH3 is 1. The van der Waals surface area contributed by atoms with E-state index >= 15 is 0 Å². The molecule has 0 saturated heterocycles. The molecule has 0 aliphatic heterocycles. The summed E-state index contributed by atoms with van der Waals surface area (Å²) in [6, 6.07) is 5.70. The van der Waals surface area contributed by atoms with Crippen molar-refractivity contribution in [1.82, 2.24) is 9.97 Å². The van der Waals surface area contributed by atoms with Crippen LogP contribution in [0.4, 0.5) is 10.3 Å². The van der Waals surface area contributed by atoms with E-state index < -0.39 is 30.1 Å². The maximum Gasteiger partial charge on any atom is 0.333 e. The number of benzene rings is 1. The molecule has 0 unspecified atom stereocenters. The van der Waals surface area contributed by atoms with Crippen molar-refractivity contribution in [2.75, 3.05) is 24.7 Å². The Labute approximate surface area is 244 Å². The van der Waals surface area contributed by atoms with Crippen LogP contribution in [0.3, 0.4) is 0 Å². The zero-order chi connectivity index (χ0) is 31.3. The van der Waals surface area contributed by atoms with E-state index in [1.165, 1.54) is 32.4 Å². The van der Waals surface area contributed by atoms with Crippen LogP contribution in [0, 0.1) is 5.82 Å². The molecule has 0 aliphatic rings. The largest absolute Gasteiger partial charge is 0.546 e. The van der Waals surface area contributed by atoms with E-state index in [4.69, 9.17) is 9.16 Å². The number of ether oxygens (including phenoxy) is 1. The van der Waals surface area contributed by atoms with Crippen molar-refractivity contribution in [3.05, 3.63) is 53.2 Å². The number of allylic oxidation sites excluding steroid dienone is 1. The van der Waals surface area contributed by atoms with Gasteiger partial charge in [0, 0.05) is 24.6 Å². The molecule has 41 heavy (non-hydrogen) atoms. The molecule has 0 saturated carbocycles. The van der Waals surface area contributed by atoms with Crippen molar-refractivity contribution in [3.63, 3.8) is 0 Å². The first-order chi connectivity index (χ1) is 18.8. The third-order valence-corrected chi connectivity index (χ3v) is 12.7. The molecule has 1 aromatic heterocycles. The number of nitrogens with zero attached hydrogens (tertiary/aromatic N) is 3. The Balaban J connectivity index is 2.51. The lowest BCUT2D eigenvalue weighted by Crippen LogP contribution is -2.40. The topological polar surface area (TPSA) is 116 Å². The molecule has 1 aromatic carbocycles. The van der Waals surface area contributed by atoms with E-state index in [1.54, 1.807) is 12.1 Å². The van der Waals surface area contributed by atoms with Gasteiger partial charge in [-0.3, -0.25) is 4.79 Å². The van der Waals surface area contributed by atoms with Gasteiger partial charge in [0.2, 0.25) is 24.3 Å². The number of hydrogen-bond donors (Lipinski definition) is 0. The zero-order valence-corrected chi connectivity index (χ0v) is 27.5. The standard InChI is InChI=1S/C29H42FN3O6SSi/c1-19(2)26-24(16-15-22(34)17-23(18-25(35)38-7)39-41(9,10)29(3,4)5)27(20-11-13-21(30)14-12-20)32-28(31-26)33(6)40(8,36)37/h11-14,18-19H,15-17H2,1-10H3. The van der Waals surface area contributed by atoms with Crippen LogP contribution in [0.15, 0.2) is 36.1 Å². The minimum absolute atomic E-state index is 0.0170. The molecule has 0 aliphatic carbocycles. The van der Waals surface area contributed by atoms with Crippen molar-refractivity contribution in [3.8, 4) is 11.3 Å². The molecule has 0 amide bonds. The highest BCUT2D eigenvalue weighted by Gasteiger charge is 2.39. The van der Waals surface area contributed by atoms with Gasteiger partial charge < -0.3 is 9.16 Å². The Morgan fingerprint density at radius 2 is 1.71 bits per heavy atom. The number of sulfonamides is 1. The summed E-state index contributed by atoms with van der Waals surface area (Å²) in [4.78, 5) is 34.5. The second-order valence-corrected chi connectivity index (χ2v) is 18.6. The third-order valence-electron chi connectivity index (χ3n) is 7.17. The molecule has 0 spiro atoms. The van der Waals surface area contributed by atoms with E-state index in [9.17, 15) is 22.4 Å². The van der Waals surface area contributed by atoms with Crippen molar-refractivity contribution in [2.45, 2.75) is 77.9 Å². The Kier molecular flexibility index (Phi) is 11.0. The lowest BCUT2D eigenvalue weighted by atomic mass is 9.94. The molecular formula is C29H42FN3O6SSi. The maximum absolute atomic E-state index is 13.7. The quantitative estimate of drug-likeness (QED) is 0.129. The number of esters is 1. The molecule has 0 bridgehead atoms. The molecule has 226 valence electrons. The van der Waals surface area contributed by atoms with Crippen molar-refractivity contribution >= 4 is 36.0 Å². The van der Waals surface area contributed by atoms with Crippen molar-refractivity contribution in [1.29, 1.82) is 0 Å². The molecule has 2 aromatic rings. The fourth-order valence-electron chi connectivity index (χ4n) is 3.68. The summed E-state index contributed by atoms with van der Waals surface area (Å²) in [7, 11) is -3.37. The third kappa shape index (κ3) is 9.19. The molecule has 2 rings (SSSR count). The smallest absolute Gasteiger partial charge is 0.333 e. The number of halogens is 1. The molecule has 1 heterocycles. The van der Waals surface area contributed by atoms with Crippen molar-refractivity contribution < 1.29 is 31.6 Å². The normalized spacial score (nSPS) is 12.8. The average molecular weight is 608 g/mol. The second-order valence-electron chi connectivity index (χ2n) is 11.8. The van der Waals surface area contributed by atoms with Crippen LogP contribution >= 0.6 is 0 Å². The van der Waals surface area contributed by atoms with Crippen LogP contribution in [0.1, 0.15) is 64.6 Å². The fraction of sp³-hybridized carbons (Fsp3) is 0.517. The van der Waals surface area contributed by atoms with Gasteiger partial charge >= 0.3 is 5.97 Å². The second kappa shape index (κ2) is 13.2. The van der Waals surface area contributed by atoms with E-state index in [0.717, 1.165) is 10.6 Å². The van der Waals surface area contributed by atoms with Crippen LogP contribution < -0.4 is 4.31 Å². The van der Waals surface area contributed by atoms with E-state index in [2.05, 4.69) is 30.7 Å². The Hall–Kier alpha value is -3.12. The number of ketones is 1. The zero-order valence-electron chi connectivity index (χ0n) is 25.7. The number of carbonyl (C=O) groups excluding carboxylic acids is 2. The van der Waals surface area contributed by atoms with Crippen LogP contribution in [-0.4, -0.2) is 58.9 Å². The summed E-state index contributed by atoms with van der Waals surface area (Å²) in [5.41, 5.74) is 2.23. The molecule has 12 heteroatoms. The Bertz CT molecular complexity index is 1400. The number of rotatable bonds is 12. The fourth-order valence-corrected chi connectivity index (χ4v) is 5.15. The van der Waals surface area contributed by atoms with Gasteiger partial charge in [0.25, 0.3) is 0 Å². The van der Waals surface area contributed by atoms with E-state index in [0.29, 0.717) is 22.5 Å². The van der Waals surface area contributed by atoms with Gasteiger partial charge in [-0.2, -0.15) is 0 Å². The molecule has 0 atom stereocenters. The molecule has 0 radical (unpaired) electrons. The lowest BCUT2D eigenvalue weighted by Gasteiger charge is -2.37. The summed E-state index contributed by atoms with van der Waals surface area (Å²) in [5.74, 6) is -1.09. The van der Waals surface area contributed by atoms with E-state index in [-0.39, 0.29) is 47.7 Å². The highest BCUT2D eigenvalue weighted by molar-refractivity contribution is 7.92. The Morgan fingerprint density at radius 1 is 1.12 bits per heavy atom. The first-order valence-electron chi connectivity index (χ1n) is 13.4. The SMILES string of the molecule is COC(=O)C=C(CC(=O)CCc1c(-c2ccc(F)cc2)nc(N(C)S(C)(=O)=O)nc1C(C)C)O[Si](C)(C)C(C)(C)C. The first-order valence-corrected chi connectivity index (χ1v) is 18.1. The minimum Gasteiger partial charge on any atom is -0.546 e. The van der Waals surface area contributed by atoms with Crippen LogP contribution in [0.25, 0.3) is 11.3 Å². The summed E-state index contributed by atoms with van der Waals surface area (Å²) >= 11 is 0. The van der Waals surface area contributed by atoms with Crippen LogP contribution in [-0.2, 0) is 35.2 Å². The van der Waals surface area contributed by atoms with Crippen molar-refractivity contribution in [2.24, 2.45) is 0 Å². The predicted octanol–water partition coefficient (Wildman–Crippen LogP) is 5.77. The van der Waals surface area contributed by atoms with Crippen LogP contribution in [0.5, 0.6) is 0 Å². The number of carbonyl (C=O) groups is 2. The summed E-state index contributed by atoms with van der Waals surface area (Å²) in [6.07, 6.45) is 2.51. The monoisotopic (exact) mass is 607 g/mol. The van der Waals surface area contributed by atoms with Gasteiger partial charge in [0.1, 0.15) is 11.6 Å². The Morgan fingerprint density at radius 3 is 2.20 bits per heavy atom. The van der Waals surface area contributed by atoms with Crippen LogP contribution in [0.2, 0.25) is 18.1 Å². The highest BCUT2D eigenvalue weighted by atomic mass is 32.2. The molecule has 9 nitrogen and oxygen atoms in total. The number of hydrogen-bond acceptors (Lipinski definition) is 8. The molecule has 0 N–H and O–H groups in total. The molecule has 0 fully saturated rings. The number of Topliss-reactive ketones (excluding diaryl/α,β-unsaturated/α-hetero) is 1. The minimum atomic E-state index is -3.65. The summed E-state index contributed by atoms with van der Waals surface area (Å²) < 4.78 is 50.3. The van der Waals surface area contributed by atoms with Gasteiger partial charge in [0.15, 0.2) is 0 Å². The predicted molar refractivity (Wildman–Crippen MR) is 161 cm³/mol. The lowest BCUT2D eigenvalue weighted by molar-refractivity contribution is -0.135. The van der Waals surface area contributed by atoms with Gasteiger partial charge in [-0.15, -0.1) is 0 Å².